The number of hydrogen-bond acceptors (Lipinski definition) is 1. The standard InChI is InChI=1S/C16H23F2N/c1-3-16(8-4-5-9-16)15(19-2)10-12-6-7-13(17)11-14(12)18/h6-7,11,15,19H,3-5,8-10H2,1-2H3. The van der Waals surface area contributed by atoms with Gasteiger partial charge in [0.25, 0.3) is 0 Å². The summed E-state index contributed by atoms with van der Waals surface area (Å²) in [6.45, 7) is 2.22. The molecule has 1 aromatic rings. The minimum atomic E-state index is -0.506. The smallest absolute Gasteiger partial charge is 0.129 e. The molecule has 1 aromatic carbocycles. The van der Waals surface area contributed by atoms with Crippen LogP contribution in [0.4, 0.5) is 8.78 Å². The summed E-state index contributed by atoms with van der Waals surface area (Å²) in [5.74, 6) is -0.933. The lowest BCUT2D eigenvalue weighted by atomic mass is 9.74. The van der Waals surface area contributed by atoms with Crippen LogP contribution >= 0.6 is 0 Å². The fourth-order valence-corrected chi connectivity index (χ4v) is 3.56. The second-order valence-electron chi connectivity index (χ2n) is 5.70. The molecule has 1 atom stereocenters. The summed E-state index contributed by atoms with van der Waals surface area (Å²) in [5.41, 5.74) is 0.885. The summed E-state index contributed by atoms with van der Waals surface area (Å²) in [5, 5.41) is 3.37. The molecule has 2 rings (SSSR count). The summed E-state index contributed by atoms with van der Waals surface area (Å²) >= 11 is 0. The van der Waals surface area contributed by atoms with Crippen LogP contribution in [0.5, 0.6) is 0 Å². The van der Waals surface area contributed by atoms with Gasteiger partial charge in [-0.2, -0.15) is 0 Å². The van der Waals surface area contributed by atoms with Gasteiger partial charge >= 0.3 is 0 Å². The highest BCUT2D eigenvalue weighted by atomic mass is 19.1. The number of rotatable bonds is 5. The molecule has 1 saturated carbocycles. The average molecular weight is 267 g/mol. The Hall–Kier alpha value is -0.960. The molecule has 0 radical (unpaired) electrons. The van der Waals surface area contributed by atoms with Crippen LogP contribution in [0, 0.1) is 17.0 Å². The summed E-state index contributed by atoms with van der Waals surface area (Å²) in [4.78, 5) is 0. The van der Waals surface area contributed by atoms with Crippen molar-refractivity contribution in [1.29, 1.82) is 0 Å². The Kier molecular flexibility index (Phi) is 4.56. The minimum absolute atomic E-state index is 0.264. The molecule has 1 N–H and O–H groups in total. The summed E-state index contributed by atoms with van der Waals surface area (Å²) < 4.78 is 26.7. The molecule has 106 valence electrons. The van der Waals surface area contributed by atoms with Crippen molar-refractivity contribution >= 4 is 0 Å². The zero-order valence-corrected chi connectivity index (χ0v) is 11.8. The Morgan fingerprint density at radius 2 is 1.95 bits per heavy atom. The Labute approximate surface area is 114 Å². The highest BCUT2D eigenvalue weighted by molar-refractivity contribution is 5.20. The van der Waals surface area contributed by atoms with E-state index >= 15 is 0 Å². The predicted octanol–water partition coefficient (Wildman–Crippen LogP) is 4.07. The predicted molar refractivity (Wildman–Crippen MR) is 74.1 cm³/mol. The Morgan fingerprint density at radius 1 is 1.26 bits per heavy atom. The summed E-state index contributed by atoms with van der Waals surface area (Å²) in [7, 11) is 1.95. The van der Waals surface area contributed by atoms with Gasteiger partial charge in [0.15, 0.2) is 0 Å². The van der Waals surface area contributed by atoms with E-state index in [1.807, 2.05) is 7.05 Å². The van der Waals surface area contributed by atoms with E-state index in [4.69, 9.17) is 0 Å². The van der Waals surface area contributed by atoms with Crippen molar-refractivity contribution in [2.24, 2.45) is 5.41 Å². The Bertz CT molecular complexity index is 425. The third-order valence-corrected chi connectivity index (χ3v) is 4.83. The molecule has 1 fully saturated rings. The van der Waals surface area contributed by atoms with Crippen molar-refractivity contribution in [2.75, 3.05) is 7.05 Å². The second kappa shape index (κ2) is 6.00. The van der Waals surface area contributed by atoms with Gasteiger partial charge in [-0.1, -0.05) is 25.8 Å². The molecular weight excluding hydrogens is 244 g/mol. The third kappa shape index (κ3) is 2.97. The molecule has 0 heterocycles. The number of likely N-dealkylation sites (N-methyl/N-ethyl adjacent to an activating group) is 1. The van der Waals surface area contributed by atoms with Gasteiger partial charge < -0.3 is 5.32 Å². The lowest BCUT2D eigenvalue weighted by Gasteiger charge is -2.37. The first-order valence-corrected chi connectivity index (χ1v) is 7.22. The molecule has 1 nitrogen and oxygen atoms in total. The van der Waals surface area contributed by atoms with Gasteiger partial charge in [0.05, 0.1) is 0 Å². The maximum absolute atomic E-state index is 13.8. The zero-order valence-electron chi connectivity index (χ0n) is 11.8. The van der Waals surface area contributed by atoms with Crippen LogP contribution < -0.4 is 5.32 Å². The fourth-order valence-electron chi connectivity index (χ4n) is 3.56. The lowest BCUT2D eigenvalue weighted by Crippen LogP contribution is -2.43. The van der Waals surface area contributed by atoms with Crippen molar-refractivity contribution in [1.82, 2.24) is 5.32 Å². The van der Waals surface area contributed by atoms with E-state index in [9.17, 15) is 8.78 Å². The monoisotopic (exact) mass is 267 g/mol. The highest BCUT2D eigenvalue weighted by Crippen LogP contribution is 2.44. The molecule has 1 unspecified atom stereocenters. The van der Waals surface area contributed by atoms with Crippen molar-refractivity contribution in [3.8, 4) is 0 Å². The molecule has 0 aliphatic heterocycles. The number of nitrogens with one attached hydrogen (secondary N) is 1. The van der Waals surface area contributed by atoms with E-state index in [0.717, 1.165) is 12.5 Å². The Morgan fingerprint density at radius 3 is 2.47 bits per heavy atom. The molecule has 0 aromatic heterocycles. The first kappa shape index (κ1) is 14.4. The number of halogens is 2. The van der Waals surface area contributed by atoms with Crippen molar-refractivity contribution in [3.05, 3.63) is 35.4 Å². The minimum Gasteiger partial charge on any atom is -0.316 e. The third-order valence-electron chi connectivity index (χ3n) is 4.83. The van der Waals surface area contributed by atoms with Gasteiger partial charge in [0.2, 0.25) is 0 Å². The average Bonchev–Trinajstić information content (AvgIpc) is 2.88. The van der Waals surface area contributed by atoms with E-state index in [-0.39, 0.29) is 11.5 Å². The molecule has 1 aliphatic rings. The molecule has 19 heavy (non-hydrogen) atoms. The first-order chi connectivity index (χ1) is 9.11. The van der Waals surface area contributed by atoms with E-state index in [2.05, 4.69) is 12.2 Å². The fraction of sp³-hybridized carbons (Fsp3) is 0.625. The maximum atomic E-state index is 13.8. The number of benzene rings is 1. The van der Waals surface area contributed by atoms with Crippen LogP contribution in [-0.4, -0.2) is 13.1 Å². The number of hydrogen-bond donors (Lipinski definition) is 1. The van der Waals surface area contributed by atoms with Gasteiger partial charge in [-0.05, 0) is 49.8 Å². The molecule has 0 amide bonds. The quantitative estimate of drug-likeness (QED) is 0.848. The van der Waals surface area contributed by atoms with Crippen molar-refractivity contribution < 1.29 is 8.78 Å². The van der Waals surface area contributed by atoms with Crippen LogP contribution in [0.3, 0.4) is 0 Å². The van der Waals surface area contributed by atoms with E-state index < -0.39 is 11.6 Å². The van der Waals surface area contributed by atoms with Crippen LogP contribution in [0.25, 0.3) is 0 Å². The van der Waals surface area contributed by atoms with Crippen LogP contribution in [0.15, 0.2) is 18.2 Å². The molecule has 1 aliphatic carbocycles. The van der Waals surface area contributed by atoms with Gasteiger partial charge in [0, 0.05) is 12.1 Å². The summed E-state index contributed by atoms with van der Waals surface area (Å²) in [6, 6.07) is 4.17. The Balaban J connectivity index is 2.18. The van der Waals surface area contributed by atoms with Crippen LogP contribution in [0.2, 0.25) is 0 Å². The second-order valence-corrected chi connectivity index (χ2v) is 5.70. The molecule has 0 saturated heterocycles. The molecular formula is C16H23F2N. The summed E-state index contributed by atoms with van der Waals surface area (Å²) in [6.07, 6.45) is 6.68. The van der Waals surface area contributed by atoms with Crippen LogP contribution in [-0.2, 0) is 6.42 Å². The van der Waals surface area contributed by atoms with Gasteiger partial charge in [-0.3, -0.25) is 0 Å². The van der Waals surface area contributed by atoms with Crippen molar-refractivity contribution in [3.63, 3.8) is 0 Å². The SMILES string of the molecule is CCC1(C(Cc2ccc(F)cc2F)NC)CCCC1. The van der Waals surface area contributed by atoms with E-state index in [0.29, 0.717) is 12.0 Å². The normalized spacial score (nSPS) is 19.6. The lowest BCUT2D eigenvalue weighted by molar-refractivity contribution is 0.191. The van der Waals surface area contributed by atoms with Crippen molar-refractivity contribution in [2.45, 2.75) is 51.5 Å². The van der Waals surface area contributed by atoms with Gasteiger partial charge in [0.1, 0.15) is 11.6 Å². The van der Waals surface area contributed by atoms with E-state index in [1.165, 1.54) is 31.7 Å². The first-order valence-electron chi connectivity index (χ1n) is 7.22. The van der Waals surface area contributed by atoms with E-state index in [1.54, 1.807) is 6.07 Å². The highest BCUT2D eigenvalue weighted by Gasteiger charge is 2.39. The largest absolute Gasteiger partial charge is 0.316 e. The molecule has 0 spiro atoms. The van der Waals surface area contributed by atoms with Gasteiger partial charge in [-0.15, -0.1) is 0 Å². The molecule has 3 heteroatoms. The zero-order chi connectivity index (χ0) is 13.9. The maximum Gasteiger partial charge on any atom is 0.129 e. The van der Waals surface area contributed by atoms with Crippen LogP contribution in [0.1, 0.15) is 44.6 Å². The van der Waals surface area contributed by atoms with Gasteiger partial charge in [-0.25, -0.2) is 8.78 Å². The molecule has 0 bridgehead atoms. The topological polar surface area (TPSA) is 12.0 Å².